The molecule has 0 bridgehead atoms. The van der Waals surface area contributed by atoms with Crippen LogP contribution in [0.1, 0.15) is 22.3 Å². The second-order valence-electron chi connectivity index (χ2n) is 6.81. The van der Waals surface area contributed by atoms with Gasteiger partial charge in [-0.3, -0.25) is 4.79 Å². The van der Waals surface area contributed by atoms with Crippen LogP contribution in [-0.4, -0.2) is 51.0 Å². The Morgan fingerprint density at radius 3 is 2.38 bits per heavy atom. The molecule has 1 amide bonds. The summed E-state index contributed by atoms with van der Waals surface area (Å²) in [6, 6.07) is 9.84. The van der Waals surface area contributed by atoms with Crippen molar-refractivity contribution in [3.8, 4) is 11.5 Å². The second-order valence-corrected chi connectivity index (χ2v) is 9.86. The summed E-state index contributed by atoms with van der Waals surface area (Å²) >= 11 is 12.4. The van der Waals surface area contributed by atoms with Gasteiger partial charge in [0, 0.05) is 18.2 Å². The van der Waals surface area contributed by atoms with E-state index in [-0.39, 0.29) is 45.3 Å². The molecule has 1 fully saturated rings. The van der Waals surface area contributed by atoms with Crippen LogP contribution < -0.4 is 9.47 Å². The number of ether oxygens (including phenoxy) is 2. The largest absolute Gasteiger partial charge is 0.497 e. The highest BCUT2D eigenvalue weighted by Crippen LogP contribution is 2.35. The Hall–Kier alpha value is -1.96. The predicted octanol–water partition coefficient (Wildman–Crippen LogP) is 3.84. The van der Waals surface area contributed by atoms with Crippen molar-refractivity contribution in [2.24, 2.45) is 0 Å². The van der Waals surface area contributed by atoms with E-state index >= 15 is 0 Å². The molecule has 0 aliphatic carbocycles. The number of carbonyl (C=O) groups is 1. The molecule has 0 saturated carbocycles. The Kier molecular flexibility index (Phi) is 6.61. The summed E-state index contributed by atoms with van der Waals surface area (Å²) in [5, 5.41) is 0.424. The number of amides is 1. The molecule has 1 heterocycles. The van der Waals surface area contributed by atoms with E-state index in [1.165, 1.54) is 19.2 Å². The first kappa shape index (κ1) is 21.7. The molecule has 0 aromatic heterocycles. The van der Waals surface area contributed by atoms with E-state index in [9.17, 15) is 13.2 Å². The lowest BCUT2D eigenvalue weighted by Gasteiger charge is -2.29. The molecule has 3 rings (SSSR count). The molecule has 6 nitrogen and oxygen atoms in total. The zero-order chi connectivity index (χ0) is 21.2. The van der Waals surface area contributed by atoms with Gasteiger partial charge in [-0.25, -0.2) is 8.42 Å². The van der Waals surface area contributed by atoms with Crippen molar-refractivity contribution >= 4 is 38.9 Å². The molecule has 1 atom stereocenters. The van der Waals surface area contributed by atoms with Gasteiger partial charge >= 0.3 is 0 Å². The molecule has 1 aliphatic rings. The van der Waals surface area contributed by atoms with Gasteiger partial charge in [0.25, 0.3) is 5.91 Å². The molecule has 0 unspecified atom stereocenters. The van der Waals surface area contributed by atoms with Crippen LogP contribution >= 0.6 is 23.2 Å². The van der Waals surface area contributed by atoms with Gasteiger partial charge in [-0.2, -0.15) is 0 Å². The number of rotatable bonds is 6. The van der Waals surface area contributed by atoms with Gasteiger partial charge in [-0.15, -0.1) is 0 Å². The van der Waals surface area contributed by atoms with Crippen LogP contribution in [0.2, 0.25) is 10.0 Å². The van der Waals surface area contributed by atoms with Crippen LogP contribution in [-0.2, 0) is 16.4 Å². The minimum Gasteiger partial charge on any atom is -0.497 e. The number of hydrogen-bond acceptors (Lipinski definition) is 5. The van der Waals surface area contributed by atoms with Crippen molar-refractivity contribution in [3.63, 3.8) is 0 Å². The lowest BCUT2D eigenvalue weighted by atomic mass is 10.1. The molecular weight excluding hydrogens is 437 g/mol. The third-order valence-corrected chi connectivity index (χ3v) is 7.16. The van der Waals surface area contributed by atoms with Gasteiger partial charge in [0.1, 0.15) is 5.75 Å². The highest BCUT2D eigenvalue weighted by Gasteiger charge is 2.35. The average Bonchev–Trinajstić information content (AvgIpc) is 3.05. The van der Waals surface area contributed by atoms with Gasteiger partial charge < -0.3 is 14.4 Å². The second kappa shape index (κ2) is 8.81. The Labute approximate surface area is 180 Å². The number of hydrogen-bond donors (Lipinski definition) is 0. The molecule has 0 spiro atoms. The van der Waals surface area contributed by atoms with Crippen molar-refractivity contribution in [2.45, 2.75) is 19.0 Å². The smallest absolute Gasteiger partial charge is 0.254 e. The Balaban J connectivity index is 1.97. The number of methoxy groups -OCH3 is 2. The Bertz CT molecular complexity index is 1000. The fourth-order valence-electron chi connectivity index (χ4n) is 3.40. The number of halogens is 2. The van der Waals surface area contributed by atoms with E-state index in [1.807, 2.05) is 18.2 Å². The minimum absolute atomic E-state index is 0.0592. The summed E-state index contributed by atoms with van der Waals surface area (Å²) < 4.78 is 34.5. The molecule has 29 heavy (non-hydrogen) atoms. The van der Waals surface area contributed by atoms with Crippen molar-refractivity contribution in [2.75, 3.05) is 25.7 Å². The van der Waals surface area contributed by atoms with E-state index in [0.29, 0.717) is 12.2 Å². The first-order chi connectivity index (χ1) is 13.7. The third kappa shape index (κ3) is 4.97. The maximum absolute atomic E-state index is 13.3. The van der Waals surface area contributed by atoms with E-state index in [1.54, 1.807) is 18.1 Å². The minimum atomic E-state index is -3.18. The summed E-state index contributed by atoms with van der Waals surface area (Å²) in [6.45, 7) is 0.234. The average molecular weight is 458 g/mol. The van der Waals surface area contributed by atoms with E-state index in [2.05, 4.69) is 0 Å². The standard InChI is InChI=1S/C20H21Cl2NO5S/c1-27-16-5-3-4-13(8-16)11-23(15-6-7-29(25,26)12-15)20(24)14-9-17(21)19(28-2)18(22)10-14/h3-5,8-10,15H,6-7,11-12H2,1-2H3/t15-/m1/s1. The quantitative estimate of drug-likeness (QED) is 0.658. The van der Waals surface area contributed by atoms with Gasteiger partial charge in [0.15, 0.2) is 15.6 Å². The predicted molar refractivity (Wildman–Crippen MR) is 113 cm³/mol. The summed E-state index contributed by atoms with van der Waals surface area (Å²) in [5.41, 5.74) is 1.10. The molecule has 1 saturated heterocycles. The van der Waals surface area contributed by atoms with Gasteiger partial charge in [-0.05, 0) is 36.2 Å². The summed E-state index contributed by atoms with van der Waals surface area (Å²) in [6.07, 6.45) is 0.385. The fourth-order valence-corrected chi connectivity index (χ4v) is 5.77. The summed E-state index contributed by atoms with van der Waals surface area (Å²) in [5.74, 6) is 0.586. The normalized spacial score (nSPS) is 17.7. The van der Waals surface area contributed by atoms with E-state index in [4.69, 9.17) is 32.7 Å². The summed E-state index contributed by atoms with van der Waals surface area (Å²) in [4.78, 5) is 14.9. The highest BCUT2D eigenvalue weighted by molar-refractivity contribution is 7.91. The lowest BCUT2D eigenvalue weighted by molar-refractivity contribution is 0.0680. The molecule has 1 aliphatic heterocycles. The van der Waals surface area contributed by atoms with Gasteiger partial charge in [-0.1, -0.05) is 35.3 Å². The number of nitrogens with zero attached hydrogens (tertiary/aromatic N) is 1. The zero-order valence-corrected chi connectivity index (χ0v) is 18.4. The van der Waals surface area contributed by atoms with Crippen LogP contribution in [0.3, 0.4) is 0 Å². The third-order valence-electron chi connectivity index (χ3n) is 4.85. The van der Waals surface area contributed by atoms with Crippen molar-refractivity contribution < 1.29 is 22.7 Å². The zero-order valence-electron chi connectivity index (χ0n) is 16.0. The lowest BCUT2D eigenvalue weighted by Crippen LogP contribution is -2.40. The maximum atomic E-state index is 13.3. The number of sulfone groups is 1. The summed E-state index contributed by atoms with van der Waals surface area (Å²) in [7, 11) is -0.179. The van der Waals surface area contributed by atoms with Gasteiger partial charge in [0.2, 0.25) is 0 Å². The van der Waals surface area contributed by atoms with Crippen LogP contribution in [0.5, 0.6) is 11.5 Å². The Morgan fingerprint density at radius 1 is 1.14 bits per heavy atom. The Morgan fingerprint density at radius 2 is 1.83 bits per heavy atom. The van der Waals surface area contributed by atoms with Crippen molar-refractivity contribution in [1.29, 1.82) is 0 Å². The van der Waals surface area contributed by atoms with Gasteiger partial charge in [0.05, 0.1) is 35.8 Å². The van der Waals surface area contributed by atoms with Crippen LogP contribution in [0, 0.1) is 0 Å². The van der Waals surface area contributed by atoms with Crippen molar-refractivity contribution in [3.05, 3.63) is 57.6 Å². The topological polar surface area (TPSA) is 72.9 Å². The van der Waals surface area contributed by atoms with E-state index < -0.39 is 15.9 Å². The molecule has 2 aromatic rings. The number of benzene rings is 2. The molecular formula is C20H21Cl2NO5S. The van der Waals surface area contributed by atoms with E-state index in [0.717, 1.165) is 5.56 Å². The molecule has 2 aromatic carbocycles. The van der Waals surface area contributed by atoms with Crippen LogP contribution in [0.25, 0.3) is 0 Å². The monoisotopic (exact) mass is 457 g/mol. The first-order valence-corrected chi connectivity index (χ1v) is 11.5. The molecule has 156 valence electrons. The SMILES string of the molecule is COc1cccc(CN(C(=O)c2cc(Cl)c(OC)c(Cl)c2)[C@@H]2CCS(=O)(=O)C2)c1. The molecule has 0 N–H and O–H groups in total. The molecule has 0 radical (unpaired) electrons. The maximum Gasteiger partial charge on any atom is 0.254 e. The van der Waals surface area contributed by atoms with Crippen LogP contribution in [0.15, 0.2) is 36.4 Å². The molecule has 9 heteroatoms. The number of carbonyl (C=O) groups excluding carboxylic acids is 1. The highest BCUT2D eigenvalue weighted by atomic mass is 35.5. The van der Waals surface area contributed by atoms with Crippen molar-refractivity contribution in [1.82, 2.24) is 4.90 Å². The van der Waals surface area contributed by atoms with Crippen LogP contribution in [0.4, 0.5) is 0 Å². The fraction of sp³-hybridized carbons (Fsp3) is 0.350. The first-order valence-electron chi connectivity index (χ1n) is 8.91.